The van der Waals surface area contributed by atoms with Gasteiger partial charge in [0, 0.05) is 16.8 Å². The Hall–Kier alpha value is -2.40. The Bertz CT molecular complexity index is 837. The molecule has 3 rings (SSSR count). The largest absolute Gasteiger partial charge is 0.397 e. The fraction of sp³-hybridized carbons (Fsp3) is 0.176. The molecule has 4 nitrogen and oxygen atoms in total. The third kappa shape index (κ3) is 2.67. The topological polar surface area (TPSA) is 68.0 Å². The second kappa shape index (κ2) is 5.77. The first-order valence-corrected chi connectivity index (χ1v) is 7.96. The van der Waals surface area contributed by atoms with Crippen molar-refractivity contribution in [2.45, 2.75) is 20.3 Å². The zero-order valence-electron chi connectivity index (χ0n) is 12.5. The molecule has 0 bridgehead atoms. The average Bonchev–Trinajstić information content (AvgIpc) is 2.84. The van der Waals surface area contributed by atoms with Gasteiger partial charge in [-0.2, -0.15) is 0 Å². The minimum absolute atomic E-state index is 0.192. The molecule has 0 spiro atoms. The minimum atomic E-state index is -0.192. The number of thiophene rings is 1. The number of anilines is 2. The molecule has 0 saturated heterocycles. The van der Waals surface area contributed by atoms with Crippen LogP contribution >= 0.6 is 11.3 Å². The molecule has 0 fully saturated rings. The number of carbonyl (C=O) groups is 1. The predicted octanol–water partition coefficient (Wildman–Crippen LogP) is 4.00. The molecular formula is C17H17N3OS. The van der Waals surface area contributed by atoms with E-state index in [0.29, 0.717) is 10.6 Å². The van der Waals surface area contributed by atoms with Crippen LogP contribution in [0.15, 0.2) is 36.4 Å². The molecule has 0 unspecified atom stereocenters. The van der Waals surface area contributed by atoms with Crippen molar-refractivity contribution in [3.05, 3.63) is 52.5 Å². The van der Waals surface area contributed by atoms with Gasteiger partial charge in [0.05, 0.1) is 5.69 Å². The Morgan fingerprint density at radius 1 is 1.23 bits per heavy atom. The summed E-state index contributed by atoms with van der Waals surface area (Å²) < 4.78 is 0. The number of pyridine rings is 1. The van der Waals surface area contributed by atoms with E-state index in [1.165, 1.54) is 16.9 Å². The van der Waals surface area contributed by atoms with E-state index in [2.05, 4.69) is 17.2 Å². The first kappa shape index (κ1) is 14.5. The summed E-state index contributed by atoms with van der Waals surface area (Å²) in [5, 5.41) is 3.72. The Morgan fingerprint density at radius 3 is 2.64 bits per heavy atom. The number of nitrogens with two attached hydrogens (primary N) is 1. The van der Waals surface area contributed by atoms with Crippen molar-refractivity contribution in [3.63, 3.8) is 0 Å². The van der Waals surface area contributed by atoms with Crippen LogP contribution in [0.1, 0.15) is 27.9 Å². The lowest BCUT2D eigenvalue weighted by Gasteiger charge is -2.05. The van der Waals surface area contributed by atoms with Crippen LogP contribution in [0.4, 0.5) is 11.4 Å². The lowest BCUT2D eigenvalue weighted by atomic mass is 10.1. The maximum Gasteiger partial charge on any atom is 0.267 e. The van der Waals surface area contributed by atoms with E-state index in [9.17, 15) is 4.79 Å². The minimum Gasteiger partial charge on any atom is -0.397 e. The monoisotopic (exact) mass is 311 g/mol. The predicted molar refractivity (Wildman–Crippen MR) is 92.5 cm³/mol. The molecule has 1 aromatic carbocycles. The van der Waals surface area contributed by atoms with Crippen LogP contribution in [0.25, 0.3) is 10.2 Å². The van der Waals surface area contributed by atoms with Crippen molar-refractivity contribution in [1.29, 1.82) is 0 Å². The fourth-order valence-electron chi connectivity index (χ4n) is 2.27. The average molecular weight is 311 g/mol. The number of hydrogen-bond donors (Lipinski definition) is 2. The SMILES string of the molecule is CCc1ccc(NC(=O)c2sc3nc(C)ccc3c2N)cc1. The van der Waals surface area contributed by atoms with Crippen molar-refractivity contribution < 1.29 is 4.79 Å². The second-order valence-corrected chi connectivity index (χ2v) is 6.15. The van der Waals surface area contributed by atoms with E-state index in [-0.39, 0.29) is 5.91 Å². The molecule has 3 N–H and O–H groups in total. The summed E-state index contributed by atoms with van der Waals surface area (Å²) in [7, 11) is 0. The van der Waals surface area contributed by atoms with E-state index in [0.717, 1.165) is 28.0 Å². The van der Waals surface area contributed by atoms with Gasteiger partial charge >= 0.3 is 0 Å². The summed E-state index contributed by atoms with van der Waals surface area (Å²) in [4.78, 5) is 18.2. The lowest BCUT2D eigenvalue weighted by molar-refractivity contribution is 0.103. The first-order chi connectivity index (χ1) is 10.6. The second-order valence-electron chi connectivity index (χ2n) is 5.15. The van der Waals surface area contributed by atoms with Crippen molar-refractivity contribution in [2.24, 2.45) is 0 Å². The van der Waals surface area contributed by atoms with Crippen molar-refractivity contribution >= 4 is 38.8 Å². The van der Waals surface area contributed by atoms with E-state index < -0.39 is 0 Å². The highest BCUT2D eigenvalue weighted by Crippen LogP contribution is 2.33. The van der Waals surface area contributed by atoms with Gasteiger partial charge in [-0.25, -0.2) is 4.98 Å². The van der Waals surface area contributed by atoms with E-state index in [1.807, 2.05) is 43.3 Å². The molecular weight excluding hydrogens is 294 g/mol. The molecule has 1 amide bonds. The maximum atomic E-state index is 12.4. The van der Waals surface area contributed by atoms with Gasteiger partial charge in [0.25, 0.3) is 5.91 Å². The number of benzene rings is 1. The third-order valence-corrected chi connectivity index (χ3v) is 4.67. The van der Waals surface area contributed by atoms with Gasteiger partial charge in [-0.15, -0.1) is 11.3 Å². The number of aryl methyl sites for hydroxylation is 2. The Balaban J connectivity index is 1.89. The molecule has 2 heterocycles. The van der Waals surface area contributed by atoms with Gasteiger partial charge in [0.15, 0.2) is 0 Å². The third-order valence-electron chi connectivity index (χ3n) is 3.56. The number of hydrogen-bond acceptors (Lipinski definition) is 4. The summed E-state index contributed by atoms with van der Waals surface area (Å²) in [5.74, 6) is -0.192. The van der Waals surface area contributed by atoms with Crippen molar-refractivity contribution in [2.75, 3.05) is 11.1 Å². The van der Waals surface area contributed by atoms with Gasteiger partial charge in [-0.3, -0.25) is 4.79 Å². The van der Waals surface area contributed by atoms with E-state index >= 15 is 0 Å². The molecule has 2 aromatic heterocycles. The molecule has 0 aliphatic rings. The highest BCUT2D eigenvalue weighted by Gasteiger charge is 2.17. The summed E-state index contributed by atoms with van der Waals surface area (Å²) in [6.07, 6.45) is 0.975. The van der Waals surface area contributed by atoms with Gasteiger partial charge in [0.1, 0.15) is 9.71 Å². The van der Waals surface area contributed by atoms with Crippen LogP contribution in [0.5, 0.6) is 0 Å². The number of carbonyl (C=O) groups excluding carboxylic acids is 1. The molecule has 3 aromatic rings. The molecule has 5 heteroatoms. The van der Waals surface area contributed by atoms with Gasteiger partial charge in [0.2, 0.25) is 0 Å². The first-order valence-electron chi connectivity index (χ1n) is 7.14. The number of nitrogens with zero attached hydrogens (tertiary/aromatic N) is 1. The molecule has 0 saturated carbocycles. The Kier molecular flexibility index (Phi) is 3.81. The fourth-order valence-corrected chi connectivity index (χ4v) is 3.30. The number of fused-ring (bicyclic) bond motifs is 1. The van der Waals surface area contributed by atoms with Gasteiger partial charge in [-0.05, 0) is 43.2 Å². The van der Waals surface area contributed by atoms with Crippen LogP contribution in [0.3, 0.4) is 0 Å². The van der Waals surface area contributed by atoms with Crippen LogP contribution in [0.2, 0.25) is 0 Å². The molecule has 0 radical (unpaired) electrons. The van der Waals surface area contributed by atoms with Crippen LogP contribution < -0.4 is 11.1 Å². The highest BCUT2D eigenvalue weighted by molar-refractivity contribution is 7.21. The summed E-state index contributed by atoms with van der Waals surface area (Å²) >= 11 is 1.32. The van der Waals surface area contributed by atoms with Crippen LogP contribution in [-0.4, -0.2) is 10.9 Å². The molecule has 112 valence electrons. The zero-order valence-corrected chi connectivity index (χ0v) is 13.3. The van der Waals surface area contributed by atoms with E-state index in [4.69, 9.17) is 5.73 Å². The quantitative estimate of drug-likeness (QED) is 0.768. The Morgan fingerprint density at radius 2 is 1.95 bits per heavy atom. The molecule has 0 aliphatic carbocycles. The standard InChI is InChI=1S/C17H17N3OS/c1-3-11-5-7-12(8-6-11)20-16(21)15-14(18)13-9-4-10(2)19-17(13)22-15/h4-9H,3,18H2,1-2H3,(H,20,21). The van der Waals surface area contributed by atoms with E-state index in [1.54, 1.807) is 0 Å². The summed E-state index contributed by atoms with van der Waals surface area (Å²) in [6.45, 7) is 4.02. The van der Waals surface area contributed by atoms with Crippen molar-refractivity contribution in [3.8, 4) is 0 Å². The number of aromatic nitrogens is 1. The molecule has 0 atom stereocenters. The van der Waals surface area contributed by atoms with Gasteiger partial charge < -0.3 is 11.1 Å². The number of amides is 1. The van der Waals surface area contributed by atoms with Crippen molar-refractivity contribution in [1.82, 2.24) is 4.98 Å². The number of nitrogens with one attached hydrogen (secondary N) is 1. The number of nitrogen functional groups attached to an aromatic ring is 1. The Labute approximate surface area is 133 Å². The summed E-state index contributed by atoms with van der Waals surface area (Å²) in [5.41, 5.74) is 9.51. The highest BCUT2D eigenvalue weighted by atomic mass is 32.1. The summed E-state index contributed by atoms with van der Waals surface area (Å²) in [6, 6.07) is 11.6. The maximum absolute atomic E-state index is 12.4. The smallest absolute Gasteiger partial charge is 0.267 e. The van der Waals surface area contributed by atoms with Crippen LogP contribution in [0, 0.1) is 6.92 Å². The number of rotatable bonds is 3. The zero-order chi connectivity index (χ0) is 15.7. The molecule has 0 aliphatic heterocycles. The lowest BCUT2D eigenvalue weighted by Crippen LogP contribution is -2.11. The normalized spacial score (nSPS) is 10.8. The van der Waals surface area contributed by atoms with Gasteiger partial charge in [-0.1, -0.05) is 19.1 Å². The van der Waals surface area contributed by atoms with Crippen LogP contribution in [-0.2, 0) is 6.42 Å². The molecule has 22 heavy (non-hydrogen) atoms.